The molecule has 1 aromatic heterocycles. The third kappa shape index (κ3) is 1.70. The van der Waals surface area contributed by atoms with E-state index in [1.807, 2.05) is 18.2 Å². The third-order valence-corrected chi connectivity index (χ3v) is 2.27. The zero-order chi connectivity index (χ0) is 9.97. The van der Waals surface area contributed by atoms with Crippen molar-refractivity contribution in [1.29, 1.82) is 0 Å². The molecule has 0 aliphatic heterocycles. The van der Waals surface area contributed by atoms with Gasteiger partial charge in [0.05, 0.1) is 5.69 Å². The van der Waals surface area contributed by atoms with Gasteiger partial charge in [0.2, 0.25) is 0 Å². The highest BCUT2D eigenvalue weighted by molar-refractivity contribution is 6.33. The van der Waals surface area contributed by atoms with Crippen molar-refractivity contribution in [3.05, 3.63) is 57.8 Å². The van der Waals surface area contributed by atoms with Gasteiger partial charge in [0, 0.05) is 28.9 Å². The fraction of sp³-hybridized carbons (Fsp3) is 0. The van der Waals surface area contributed by atoms with Crippen LogP contribution >= 0.6 is 11.6 Å². The Morgan fingerprint density at radius 1 is 1.14 bits per heavy atom. The van der Waals surface area contributed by atoms with Crippen LogP contribution in [0.4, 0.5) is 0 Å². The molecule has 70 valence electrons. The van der Waals surface area contributed by atoms with Crippen LogP contribution in [0.3, 0.4) is 0 Å². The standard InChI is InChI=1S/C11H8ClNO/c12-10-4-2-1-3-9(10)11-7-8(14)5-6-13-11/h1-7H,(H,13,14). The Hall–Kier alpha value is -1.54. The van der Waals surface area contributed by atoms with E-state index >= 15 is 0 Å². The predicted octanol–water partition coefficient (Wildman–Crippen LogP) is 2.70. The zero-order valence-corrected chi connectivity index (χ0v) is 8.08. The van der Waals surface area contributed by atoms with Gasteiger partial charge in [-0.15, -0.1) is 0 Å². The molecule has 1 N–H and O–H groups in total. The second kappa shape index (κ2) is 3.68. The Labute approximate surface area is 86.2 Å². The van der Waals surface area contributed by atoms with Crippen molar-refractivity contribution in [2.75, 3.05) is 0 Å². The van der Waals surface area contributed by atoms with Crippen molar-refractivity contribution in [2.24, 2.45) is 0 Å². The van der Waals surface area contributed by atoms with Gasteiger partial charge >= 0.3 is 0 Å². The van der Waals surface area contributed by atoms with Gasteiger partial charge < -0.3 is 4.98 Å². The maximum atomic E-state index is 11.1. The SMILES string of the molecule is O=c1cc[nH]c(-c2ccccc2Cl)c1. The van der Waals surface area contributed by atoms with Crippen LogP contribution in [0.25, 0.3) is 11.3 Å². The van der Waals surface area contributed by atoms with Crippen LogP contribution in [0, 0.1) is 0 Å². The summed E-state index contributed by atoms with van der Waals surface area (Å²) in [5, 5.41) is 0.634. The van der Waals surface area contributed by atoms with E-state index in [2.05, 4.69) is 4.98 Å². The molecule has 1 aromatic carbocycles. The van der Waals surface area contributed by atoms with Gasteiger partial charge in [-0.05, 0) is 6.07 Å². The van der Waals surface area contributed by atoms with E-state index in [1.54, 1.807) is 12.3 Å². The summed E-state index contributed by atoms with van der Waals surface area (Å²) in [4.78, 5) is 14.1. The van der Waals surface area contributed by atoms with E-state index in [4.69, 9.17) is 11.6 Å². The van der Waals surface area contributed by atoms with Gasteiger partial charge in [-0.1, -0.05) is 29.8 Å². The quantitative estimate of drug-likeness (QED) is 0.763. The van der Waals surface area contributed by atoms with Gasteiger partial charge in [0.1, 0.15) is 0 Å². The number of H-pyrrole nitrogens is 1. The van der Waals surface area contributed by atoms with Gasteiger partial charge in [-0.25, -0.2) is 0 Å². The molecule has 0 aliphatic rings. The highest BCUT2D eigenvalue weighted by atomic mass is 35.5. The van der Waals surface area contributed by atoms with Crippen LogP contribution in [0.1, 0.15) is 0 Å². The largest absolute Gasteiger partial charge is 0.361 e. The first-order valence-electron chi connectivity index (χ1n) is 4.21. The van der Waals surface area contributed by atoms with Gasteiger partial charge in [-0.3, -0.25) is 4.79 Å². The summed E-state index contributed by atoms with van der Waals surface area (Å²) in [7, 11) is 0. The molecule has 0 aliphatic carbocycles. The van der Waals surface area contributed by atoms with E-state index in [1.165, 1.54) is 12.1 Å². The number of aromatic nitrogens is 1. The van der Waals surface area contributed by atoms with Crippen molar-refractivity contribution >= 4 is 11.6 Å². The van der Waals surface area contributed by atoms with Crippen LogP contribution in [0.2, 0.25) is 5.02 Å². The van der Waals surface area contributed by atoms with Crippen molar-refractivity contribution in [2.45, 2.75) is 0 Å². The number of hydrogen-bond donors (Lipinski definition) is 1. The Kier molecular flexibility index (Phi) is 2.37. The van der Waals surface area contributed by atoms with Crippen LogP contribution < -0.4 is 5.43 Å². The van der Waals surface area contributed by atoms with Crippen molar-refractivity contribution in [3.8, 4) is 11.3 Å². The minimum absolute atomic E-state index is 0.0290. The summed E-state index contributed by atoms with van der Waals surface area (Å²) in [5.41, 5.74) is 1.55. The van der Waals surface area contributed by atoms with E-state index in [-0.39, 0.29) is 5.43 Å². The van der Waals surface area contributed by atoms with E-state index in [0.717, 1.165) is 11.3 Å². The number of pyridine rings is 1. The number of aromatic amines is 1. The molecule has 0 unspecified atom stereocenters. The maximum absolute atomic E-state index is 11.1. The topological polar surface area (TPSA) is 32.9 Å². The molecule has 2 aromatic rings. The van der Waals surface area contributed by atoms with Crippen molar-refractivity contribution < 1.29 is 0 Å². The number of benzene rings is 1. The maximum Gasteiger partial charge on any atom is 0.182 e. The van der Waals surface area contributed by atoms with Gasteiger partial charge in [-0.2, -0.15) is 0 Å². The first kappa shape index (κ1) is 9.03. The fourth-order valence-electron chi connectivity index (χ4n) is 1.28. The molecule has 2 rings (SSSR count). The molecular formula is C11H8ClNO. The Morgan fingerprint density at radius 3 is 2.64 bits per heavy atom. The first-order chi connectivity index (χ1) is 6.77. The Morgan fingerprint density at radius 2 is 1.93 bits per heavy atom. The van der Waals surface area contributed by atoms with Crippen LogP contribution in [-0.2, 0) is 0 Å². The van der Waals surface area contributed by atoms with Crippen LogP contribution in [-0.4, -0.2) is 4.98 Å². The van der Waals surface area contributed by atoms with Crippen molar-refractivity contribution in [3.63, 3.8) is 0 Å². The second-order valence-electron chi connectivity index (χ2n) is 2.92. The lowest BCUT2D eigenvalue weighted by atomic mass is 10.1. The normalized spacial score (nSPS) is 10.1. The summed E-state index contributed by atoms with van der Waals surface area (Å²) in [5.74, 6) is 0. The third-order valence-electron chi connectivity index (χ3n) is 1.94. The number of nitrogens with one attached hydrogen (secondary N) is 1. The summed E-state index contributed by atoms with van der Waals surface area (Å²) in [6.07, 6.45) is 1.61. The average Bonchev–Trinajstić information content (AvgIpc) is 2.18. The molecule has 0 amide bonds. The highest BCUT2D eigenvalue weighted by Gasteiger charge is 2.01. The molecular weight excluding hydrogens is 198 g/mol. The summed E-state index contributed by atoms with van der Waals surface area (Å²) >= 11 is 5.99. The average molecular weight is 206 g/mol. The zero-order valence-electron chi connectivity index (χ0n) is 7.33. The summed E-state index contributed by atoms with van der Waals surface area (Å²) in [6.45, 7) is 0. The highest BCUT2D eigenvalue weighted by Crippen LogP contribution is 2.24. The molecule has 2 nitrogen and oxygen atoms in total. The Balaban J connectivity index is 2.61. The van der Waals surface area contributed by atoms with Gasteiger partial charge in [0.15, 0.2) is 5.43 Å². The molecule has 3 heteroatoms. The molecule has 0 spiro atoms. The number of halogens is 1. The molecule has 0 atom stereocenters. The minimum atomic E-state index is -0.0290. The van der Waals surface area contributed by atoms with E-state index in [9.17, 15) is 4.79 Å². The molecule has 0 bridgehead atoms. The lowest BCUT2D eigenvalue weighted by Gasteiger charge is -2.02. The molecule has 14 heavy (non-hydrogen) atoms. The summed E-state index contributed by atoms with van der Waals surface area (Å²) < 4.78 is 0. The monoisotopic (exact) mass is 205 g/mol. The van der Waals surface area contributed by atoms with Crippen LogP contribution in [0.15, 0.2) is 47.4 Å². The predicted molar refractivity (Wildman–Crippen MR) is 57.5 cm³/mol. The number of rotatable bonds is 1. The number of hydrogen-bond acceptors (Lipinski definition) is 1. The summed E-state index contributed by atoms with van der Waals surface area (Å²) in [6, 6.07) is 10.4. The molecule has 0 saturated carbocycles. The fourth-order valence-corrected chi connectivity index (χ4v) is 1.52. The molecule has 0 saturated heterocycles. The minimum Gasteiger partial charge on any atom is -0.361 e. The second-order valence-corrected chi connectivity index (χ2v) is 3.33. The van der Waals surface area contributed by atoms with Crippen molar-refractivity contribution in [1.82, 2.24) is 4.98 Å². The smallest absolute Gasteiger partial charge is 0.182 e. The lowest BCUT2D eigenvalue weighted by Crippen LogP contribution is -1.98. The van der Waals surface area contributed by atoms with E-state index in [0.29, 0.717) is 5.02 Å². The van der Waals surface area contributed by atoms with Crippen LogP contribution in [0.5, 0.6) is 0 Å². The van der Waals surface area contributed by atoms with Gasteiger partial charge in [0.25, 0.3) is 0 Å². The first-order valence-corrected chi connectivity index (χ1v) is 4.59. The molecule has 0 radical (unpaired) electrons. The molecule has 0 fully saturated rings. The Bertz CT molecular complexity index is 504. The lowest BCUT2D eigenvalue weighted by molar-refractivity contribution is 1.30. The molecule has 1 heterocycles. The van der Waals surface area contributed by atoms with E-state index < -0.39 is 0 Å².